The lowest BCUT2D eigenvalue weighted by atomic mass is 10.1. The number of aromatic nitrogens is 3. The highest BCUT2D eigenvalue weighted by atomic mass is 16.1. The largest absolute Gasteiger partial charge is 0.366 e. The summed E-state index contributed by atoms with van der Waals surface area (Å²) in [6.45, 7) is 2.65. The molecule has 0 unspecified atom stereocenters. The zero-order chi connectivity index (χ0) is 17.5. The van der Waals surface area contributed by atoms with Crippen molar-refractivity contribution in [2.24, 2.45) is 0 Å². The van der Waals surface area contributed by atoms with Crippen LogP contribution >= 0.6 is 0 Å². The van der Waals surface area contributed by atoms with Crippen LogP contribution in [0.2, 0.25) is 0 Å². The van der Waals surface area contributed by atoms with Gasteiger partial charge >= 0.3 is 0 Å². The molecule has 3 rings (SSSR count). The maximum absolute atomic E-state index is 12.5. The summed E-state index contributed by atoms with van der Waals surface area (Å²) in [5, 5.41) is 6.10. The Morgan fingerprint density at radius 2 is 1.88 bits per heavy atom. The Labute approximate surface area is 146 Å². The van der Waals surface area contributed by atoms with E-state index in [0.29, 0.717) is 18.1 Å². The minimum absolute atomic E-state index is 0.254. The van der Waals surface area contributed by atoms with E-state index in [-0.39, 0.29) is 5.91 Å². The van der Waals surface area contributed by atoms with Crippen molar-refractivity contribution in [1.29, 1.82) is 0 Å². The fourth-order valence-corrected chi connectivity index (χ4v) is 2.41. The average molecular weight is 333 g/mol. The van der Waals surface area contributed by atoms with Gasteiger partial charge in [-0.25, -0.2) is 9.97 Å². The molecule has 0 atom stereocenters. The van der Waals surface area contributed by atoms with Crippen LogP contribution in [0.25, 0.3) is 0 Å². The third kappa shape index (κ3) is 4.38. The summed E-state index contributed by atoms with van der Waals surface area (Å²) in [5.41, 5.74) is 3.29. The third-order valence-corrected chi connectivity index (χ3v) is 3.77. The number of hydrogen-bond acceptors (Lipinski definition) is 5. The normalized spacial score (nSPS) is 10.3. The molecule has 6 nitrogen and oxygen atoms in total. The van der Waals surface area contributed by atoms with Crippen LogP contribution in [0.1, 0.15) is 28.5 Å². The van der Waals surface area contributed by atoms with Crippen LogP contribution in [0.3, 0.4) is 0 Å². The van der Waals surface area contributed by atoms with Gasteiger partial charge < -0.3 is 10.6 Å². The van der Waals surface area contributed by atoms with Gasteiger partial charge in [0.2, 0.25) is 0 Å². The van der Waals surface area contributed by atoms with Gasteiger partial charge in [0.15, 0.2) is 0 Å². The van der Waals surface area contributed by atoms with Gasteiger partial charge in [0.1, 0.15) is 17.8 Å². The van der Waals surface area contributed by atoms with Crippen molar-refractivity contribution < 1.29 is 4.79 Å². The van der Waals surface area contributed by atoms with Crippen molar-refractivity contribution in [2.45, 2.75) is 19.9 Å². The molecule has 0 fully saturated rings. The molecule has 1 aromatic carbocycles. The summed E-state index contributed by atoms with van der Waals surface area (Å²) in [7, 11) is 0. The molecule has 0 radical (unpaired) electrons. The van der Waals surface area contributed by atoms with E-state index in [4.69, 9.17) is 0 Å². The number of para-hydroxylation sites is 1. The number of carbonyl (C=O) groups excluding carboxylic acids is 1. The Kier molecular flexibility index (Phi) is 5.31. The molecular formula is C19H19N5O. The fourth-order valence-electron chi connectivity index (χ4n) is 2.41. The van der Waals surface area contributed by atoms with Gasteiger partial charge in [-0.1, -0.05) is 25.1 Å². The molecule has 0 saturated carbocycles. The van der Waals surface area contributed by atoms with E-state index in [1.165, 1.54) is 6.33 Å². The topological polar surface area (TPSA) is 79.8 Å². The summed E-state index contributed by atoms with van der Waals surface area (Å²) in [5.74, 6) is 0.344. The molecule has 0 aliphatic heterocycles. The summed E-state index contributed by atoms with van der Waals surface area (Å²) in [6, 6.07) is 13.2. The maximum Gasteiger partial charge on any atom is 0.274 e. The Morgan fingerprint density at radius 3 is 2.68 bits per heavy atom. The Balaban J connectivity index is 1.69. The highest BCUT2D eigenvalue weighted by Gasteiger charge is 2.11. The minimum Gasteiger partial charge on any atom is -0.366 e. The number of nitrogens with zero attached hydrogens (tertiary/aromatic N) is 3. The quantitative estimate of drug-likeness (QED) is 0.723. The van der Waals surface area contributed by atoms with Gasteiger partial charge in [0, 0.05) is 30.7 Å². The molecule has 0 aliphatic rings. The van der Waals surface area contributed by atoms with Crippen molar-refractivity contribution in [3.05, 3.63) is 78.0 Å². The Hall–Kier alpha value is -3.28. The molecule has 3 aromatic rings. The van der Waals surface area contributed by atoms with Crippen LogP contribution < -0.4 is 10.6 Å². The van der Waals surface area contributed by atoms with E-state index >= 15 is 0 Å². The lowest BCUT2D eigenvalue weighted by molar-refractivity contribution is 0.102. The molecule has 2 heterocycles. The van der Waals surface area contributed by atoms with Gasteiger partial charge in [-0.05, 0) is 35.7 Å². The van der Waals surface area contributed by atoms with Crippen LogP contribution in [0.5, 0.6) is 0 Å². The number of pyridine rings is 1. The lowest BCUT2D eigenvalue weighted by Gasteiger charge is -2.10. The standard InChI is InChI=1S/C19H19N5O/c1-2-15-5-3-4-6-16(15)24-19(25)17-11-18(23-13-22-17)21-12-14-7-9-20-10-8-14/h3-11,13H,2,12H2,1H3,(H,24,25)(H,21,22,23). The van der Waals surface area contributed by atoms with Crippen LogP contribution in [-0.4, -0.2) is 20.9 Å². The molecule has 6 heteroatoms. The molecule has 25 heavy (non-hydrogen) atoms. The second kappa shape index (κ2) is 8.01. The summed E-state index contributed by atoms with van der Waals surface area (Å²) in [4.78, 5) is 24.7. The number of carbonyl (C=O) groups is 1. The van der Waals surface area contributed by atoms with Crippen molar-refractivity contribution in [3.63, 3.8) is 0 Å². The molecular weight excluding hydrogens is 314 g/mol. The van der Waals surface area contributed by atoms with E-state index < -0.39 is 0 Å². The smallest absolute Gasteiger partial charge is 0.274 e. The second-order valence-corrected chi connectivity index (χ2v) is 5.46. The van der Waals surface area contributed by atoms with Gasteiger partial charge in [0.25, 0.3) is 5.91 Å². The summed E-state index contributed by atoms with van der Waals surface area (Å²) in [6.07, 6.45) is 5.70. The number of rotatable bonds is 6. The molecule has 0 bridgehead atoms. The maximum atomic E-state index is 12.5. The number of amides is 1. The third-order valence-electron chi connectivity index (χ3n) is 3.77. The van der Waals surface area contributed by atoms with Crippen molar-refractivity contribution in [1.82, 2.24) is 15.0 Å². The van der Waals surface area contributed by atoms with Crippen molar-refractivity contribution in [3.8, 4) is 0 Å². The SMILES string of the molecule is CCc1ccccc1NC(=O)c1cc(NCc2ccncc2)ncn1. The number of nitrogens with one attached hydrogen (secondary N) is 2. The number of anilines is 2. The molecule has 2 aromatic heterocycles. The van der Waals surface area contributed by atoms with Crippen molar-refractivity contribution >= 4 is 17.4 Å². The first-order chi connectivity index (χ1) is 12.3. The number of hydrogen-bond donors (Lipinski definition) is 2. The molecule has 0 spiro atoms. The monoisotopic (exact) mass is 333 g/mol. The molecule has 1 amide bonds. The Morgan fingerprint density at radius 1 is 1.08 bits per heavy atom. The number of aryl methyl sites for hydroxylation is 1. The minimum atomic E-state index is -0.254. The first kappa shape index (κ1) is 16.6. The van der Waals surface area contributed by atoms with Gasteiger partial charge in [-0.15, -0.1) is 0 Å². The predicted molar refractivity (Wildman–Crippen MR) is 97.4 cm³/mol. The molecule has 0 saturated heterocycles. The van der Waals surface area contributed by atoms with Gasteiger partial charge in [-0.3, -0.25) is 9.78 Å². The lowest BCUT2D eigenvalue weighted by Crippen LogP contribution is -2.15. The fraction of sp³-hybridized carbons (Fsp3) is 0.158. The summed E-state index contributed by atoms with van der Waals surface area (Å²) >= 11 is 0. The molecule has 2 N–H and O–H groups in total. The highest BCUT2D eigenvalue weighted by Crippen LogP contribution is 2.16. The van der Waals surface area contributed by atoms with E-state index in [1.807, 2.05) is 36.4 Å². The van der Waals surface area contributed by atoms with E-state index in [1.54, 1.807) is 18.5 Å². The number of benzene rings is 1. The first-order valence-electron chi connectivity index (χ1n) is 8.10. The van der Waals surface area contributed by atoms with Crippen LogP contribution in [0.15, 0.2) is 61.2 Å². The van der Waals surface area contributed by atoms with Gasteiger partial charge in [-0.2, -0.15) is 0 Å². The van der Waals surface area contributed by atoms with E-state index in [0.717, 1.165) is 23.2 Å². The average Bonchev–Trinajstić information content (AvgIpc) is 2.68. The first-order valence-corrected chi connectivity index (χ1v) is 8.10. The molecule has 126 valence electrons. The zero-order valence-corrected chi connectivity index (χ0v) is 13.9. The van der Waals surface area contributed by atoms with E-state index in [2.05, 4.69) is 32.5 Å². The Bertz CT molecular complexity index is 851. The van der Waals surface area contributed by atoms with Crippen LogP contribution in [-0.2, 0) is 13.0 Å². The van der Waals surface area contributed by atoms with Crippen molar-refractivity contribution in [2.75, 3.05) is 10.6 Å². The van der Waals surface area contributed by atoms with Crippen LogP contribution in [0, 0.1) is 0 Å². The predicted octanol–water partition coefficient (Wildman–Crippen LogP) is 3.30. The zero-order valence-electron chi connectivity index (χ0n) is 13.9. The second-order valence-electron chi connectivity index (χ2n) is 5.46. The summed E-state index contributed by atoms with van der Waals surface area (Å²) < 4.78 is 0. The van der Waals surface area contributed by atoms with Crippen LogP contribution in [0.4, 0.5) is 11.5 Å². The highest BCUT2D eigenvalue weighted by molar-refractivity contribution is 6.03. The van der Waals surface area contributed by atoms with E-state index in [9.17, 15) is 4.79 Å². The molecule has 0 aliphatic carbocycles. The van der Waals surface area contributed by atoms with Gasteiger partial charge in [0.05, 0.1) is 0 Å².